The third-order valence-corrected chi connectivity index (χ3v) is 3.74. The number of hydrogen-bond acceptors (Lipinski definition) is 3. The average molecular weight is 332 g/mol. The van der Waals surface area contributed by atoms with Crippen molar-refractivity contribution in [2.45, 2.75) is 12.8 Å². The molecule has 2 aromatic carbocycles. The van der Waals surface area contributed by atoms with E-state index in [2.05, 4.69) is 22.4 Å². The number of amides is 1. The molecule has 3 aromatic rings. The van der Waals surface area contributed by atoms with Gasteiger partial charge in [0, 0.05) is 6.20 Å². The van der Waals surface area contributed by atoms with Crippen LogP contribution in [0.3, 0.4) is 0 Å². The molecule has 4 nitrogen and oxygen atoms in total. The number of nitrogens with zero attached hydrogens (tertiary/aromatic N) is 1. The first kappa shape index (κ1) is 16.7. The van der Waals surface area contributed by atoms with Gasteiger partial charge in [-0.2, -0.15) is 0 Å². The number of ether oxygens (including phenoxy) is 1. The van der Waals surface area contributed by atoms with Gasteiger partial charge < -0.3 is 10.1 Å². The van der Waals surface area contributed by atoms with Crippen molar-refractivity contribution in [1.29, 1.82) is 0 Å². The smallest absolute Gasteiger partial charge is 0.274 e. The number of carbonyl (C=O) groups excluding carboxylic acids is 1. The van der Waals surface area contributed by atoms with Crippen LogP contribution in [0.15, 0.2) is 79.0 Å². The predicted octanol–water partition coefficient (Wildman–Crippen LogP) is 4.35. The van der Waals surface area contributed by atoms with Crippen LogP contribution >= 0.6 is 0 Å². The first-order chi connectivity index (χ1) is 12.3. The van der Waals surface area contributed by atoms with Crippen LogP contribution in [-0.4, -0.2) is 17.5 Å². The molecule has 25 heavy (non-hydrogen) atoms. The molecule has 126 valence electrons. The summed E-state index contributed by atoms with van der Waals surface area (Å²) in [7, 11) is 0. The maximum Gasteiger partial charge on any atom is 0.274 e. The lowest BCUT2D eigenvalue weighted by Gasteiger charge is -2.12. The van der Waals surface area contributed by atoms with Crippen LogP contribution in [0.4, 0.5) is 5.69 Å². The summed E-state index contributed by atoms with van der Waals surface area (Å²) in [5.74, 6) is 0.417. The summed E-state index contributed by atoms with van der Waals surface area (Å²) in [5, 5.41) is 2.86. The molecule has 0 aliphatic heterocycles. The number of nitrogens with one attached hydrogen (secondary N) is 1. The summed E-state index contributed by atoms with van der Waals surface area (Å²) < 4.78 is 5.86. The second kappa shape index (κ2) is 8.64. The maximum absolute atomic E-state index is 12.3. The van der Waals surface area contributed by atoms with Gasteiger partial charge in [0.15, 0.2) is 0 Å². The van der Waals surface area contributed by atoms with Crippen LogP contribution in [0.5, 0.6) is 5.75 Å². The predicted molar refractivity (Wildman–Crippen MR) is 98.9 cm³/mol. The van der Waals surface area contributed by atoms with E-state index in [4.69, 9.17) is 4.74 Å². The van der Waals surface area contributed by atoms with E-state index in [0.29, 0.717) is 23.7 Å². The second-order valence-electron chi connectivity index (χ2n) is 5.60. The van der Waals surface area contributed by atoms with Crippen molar-refractivity contribution in [1.82, 2.24) is 4.98 Å². The highest BCUT2D eigenvalue weighted by Gasteiger charge is 2.10. The van der Waals surface area contributed by atoms with Crippen LogP contribution in [0.25, 0.3) is 0 Å². The van der Waals surface area contributed by atoms with Gasteiger partial charge in [0.05, 0.1) is 12.3 Å². The van der Waals surface area contributed by atoms with E-state index in [-0.39, 0.29) is 5.91 Å². The van der Waals surface area contributed by atoms with Crippen molar-refractivity contribution in [3.63, 3.8) is 0 Å². The Balaban J connectivity index is 1.56. The molecule has 0 atom stereocenters. The van der Waals surface area contributed by atoms with Crippen molar-refractivity contribution in [3.8, 4) is 5.75 Å². The highest BCUT2D eigenvalue weighted by molar-refractivity contribution is 6.03. The lowest BCUT2D eigenvalue weighted by atomic mass is 10.1. The van der Waals surface area contributed by atoms with E-state index in [1.165, 1.54) is 5.56 Å². The number of pyridine rings is 1. The van der Waals surface area contributed by atoms with Crippen molar-refractivity contribution in [3.05, 3.63) is 90.3 Å². The molecule has 4 heteroatoms. The van der Waals surface area contributed by atoms with Crippen LogP contribution in [0.1, 0.15) is 22.5 Å². The average Bonchev–Trinajstić information content (AvgIpc) is 2.68. The Labute approximate surface area is 147 Å². The second-order valence-corrected chi connectivity index (χ2v) is 5.60. The van der Waals surface area contributed by atoms with Crippen LogP contribution in [0.2, 0.25) is 0 Å². The van der Waals surface area contributed by atoms with Gasteiger partial charge >= 0.3 is 0 Å². The molecule has 0 aliphatic rings. The number of para-hydroxylation sites is 2. The topological polar surface area (TPSA) is 51.2 Å². The molecular weight excluding hydrogens is 312 g/mol. The van der Waals surface area contributed by atoms with Crippen LogP contribution < -0.4 is 10.1 Å². The summed E-state index contributed by atoms with van der Waals surface area (Å²) in [6, 6.07) is 23.0. The molecule has 0 radical (unpaired) electrons. The van der Waals surface area contributed by atoms with Gasteiger partial charge in [-0.25, -0.2) is 0 Å². The Bertz CT molecular complexity index is 804. The van der Waals surface area contributed by atoms with Gasteiger partial charge in [0.1, 0.15) is 11.4 Å². The molecule has 0 spiro atoms. The minimum absolute atomic E-state index is 0.249. The standard InChI is InChI=1S/C21H20N2O2/c24-21(19-13-6-7-15-22-19)23-18-12-4-5-14-20(18)25-16-8-11-17-9-2-1-3-10-17/h1-7,9-10,12-15H,8,11,16H2,(H,23,24). The Morgan fingerprint density at radius 3 is 2.48 bits per heavy atom. The highest BCUT2D eigenvalue weighted by Crippen LogP contribution is 2.24. The minimum Gasteiger partial charge on any atom is -0.491 e. The van der Waals surface area contributed by atoms with E-state index in [1.54, 1.807) is 24.4 Å². The summed E-state index contributed by atoms with van der Waals surface area (Å²) in [6.45, 7) is 0.589. The monoisotopic (exact) mass is 332 g/mol. The fraction of sp³-hybridized carbons (Fsp3) is 0.143. The Hall–Kier alpha value is -3.14. The van der Waals surface area contributed by atoms with Crippen molar-refractivity contribution < 1.29 is 9.53 Å². The first-order valence-electron chi connectivity index (χ1n) is 8.31. The normalized spacial score (nSPS) is 10.2. The van der Waals surface area contributed by atoms with Gasteiger partial charge in [0.25, 0.3) is 5.91 Å². The van der Waals surface area contributed by atoms with Crippen LogP contribution in [0, 0.1) is 0 Å². The zero-order valence-electron chi connectivity index (χ0n) is 13.9. The molecule has 0 fully saturated rings. The molecule has 3 rings (SSSR count). The summed E-state index contributed by atoms with van der Waals surface area (Å²) in [4.78, 5) is 16.3. The van der Waals surface area contributed by atoms with E-state index in [1.807, 2.05) is 42.5 Å². The van der Waals surface area contributed by atoms with Crippen molar-refractivity contribution in [2.75, 3.05) is 11.9 Å². The largest absolute Gasteiger partial charge is 0.491 e. The van der Waals surface area contributed by atoms with Gasteiger partial charge in [0.2, 0.25) is 0 Å². The van der Waals surface area contributed by atoms with E-state index >= 15 is 0 Å². The molecule has 0 bridgehead atoms. The molecule has 0 saturated heterocycles. The van der Waals surface area contributed by atoms with Gasteiger partial charge in [-0.15, -0.1) is 0 Å². The number of benzene rings is 2. The maximum atomic E-state index is 12.3. The third-order valence-electron chi connectivity index (χ3n) is 3.74. The minimum atomic E-state index is -0.249. The first-order valence-corrected chi connectivity index (χ1v) is 8.31. The van der Waals surface area contributed by atoms with Crippen molar-refractivity contribution in [2.24, 2.45) is 0 Å². The number of anilines is 1. The molecule has 1 N–H and O–H groups in total. The van der Waals surface area contributed by atoms with Crippen molar-refractivity contribution >= 4 is 11.6 Å². The zero-order chi connectivity index (χ0) is 17.3. The fourth-order valence-electron chi connectivity index (χ4n) is 2.48. The number of aromatic nitrogens is 1. The summed E-state index contributed by atoms with van der Waals surface area (Å²) >= 11 is 0. The lowest BCUT2D eigenvalue weighted by Crippen LogP contribution is -2.14. The van der Waals surface area contributed by atoms with Gasteiger partial charge in [-0.05, 0) is 42.7 Å². The zero-order valence-corrected chi connectivity index (χ0v) is 13.9. The van der Waals surface area contributed by atoms with E-state index in [9.17, 15) is 4.79 Å². The molecule has 0 unspecified atom stereocenters. The summed E-state index contributed by atoms with van der Waals surface area (Å²) in [6.07, 6.45) is 3.47. The van der Waals surface area contributed by atoms with Gasteiger partial charge in [-0.1, -0.05) is 48.5 Å². The fourth-order valence-corrected chi connectivity index (χ4v) is 2.48. The highest BCUT2D eigenvalue weighted by atomic mass is 16.5. The number of rotatable bonds is 7. The Morgan fingerprint density at radius 1 is 0.920 bits per heavy atom. The third kappa shape index (κ3) is 4.91. The van der Waals surface area contributed by atoms with Crippen LogP contribution in [-0.2, 0) is 6.42 Å². The quantitative estimate of drug-likeness (QED) is 0.655. The number of hydrogen-bond donors (Lipinski definition) is 1. The van der Waals surface area contributed by atoms with E-state index in [0.717, 1.165) is 12.8 Å². The molecule has 1 amide bonds. The molecular formula is C21H20N2O2. The number of aryl methyl sites for hydroxylation is 1. The van der Waals surface area contributed by atoms with E-state index < -0.39 is 0 Å². The Morgan fingerprint density at radius 2 is 1.68 bits per heavy atom. The number of carbonyl (C=O) groups is 1. The van der Waals surface area contributed by atoms with Gasteiger partial charge in [-0.3, -0.25) is 9.78 Å². The molecule has 1 heterocycles. The molecule has 0 saturated carbocycles. The SMILES string of the molecule is O=C(Nc1ccccc1OCCCc1ccccc1)c1ccccn1. The summed E-state index contributed by atoms with van der Waals surface area (Å²) in [5.41, 5.74) is 2.32. The Kier molecular flexibility index (Phi) is 5.77. The lowest BCUT2D eigenvalue weighted by molar-refractivity contribution is 0.102. The molecule has 1 aromatic heterocycles. The molecule has 0 aliphatic carbocycles.